The lowest BCUT2D eigenvalue weighted by Crippen LogP contribution is -2.46. The molecule has 5 nitrogen and oxygen atoms in total. The molecule has 1 heterocycles. The summed E-state index contributed by atoms with van der Waals surface area (Å²) in [6.07, 6.45) is 1.62. The molecule has 1 aromatic carbocycles. The maximum Gasteiger partial charge on any atom is 0.328 e. The Kier molecular flexibility index (Phi) is 3.76. The van der Waals surface area contributed by atoms with Crippen molar-refractivity contribution in [3.8, 4) is 11.5 Å². The van der Waals surface area contributed by atoms with Crippen LogP contribution in [0.1, 0.15) is 12.5 Å². The van der Waals surface area contributed by atoms with Gasteiger partial charge in [0.05, 0.1) is 0 Å². The van der Waals surface area contributed by atoms with Crippen molar-refractivity contribution in [1.29, 1.82) is 0 Å². The monoisotopic (exact) mass is 263 g/mol. The van der Waals surface area contributed by atoms with Crippen LogP contribution in [0.4, 0.5) is 0 Å². The lowest BCUT2D eigenvalue weighted by Gasteiger charge is -2.28. The van der Waals surface area contributed by atoms with Gasteiger partial charge in [-0.15, -0.1) is 6.58 Å². The summed E-state index contributed by atoms with van der Waals surface area (Å²) < 4.78 is 10.9. The molecule has 0 aliphatic carbocycles. The van der Waals surface area contributed by atoms with Crippen molar-refractivity contribution in [2.24, 2.45) is 0 Å². The quantitative estimate of drug-likeness (QED) is 0.789. The summed E-state index contributed by atoms with van der Waals surface area (Å²) in [5.74, 6) is 0.272. The Morgan fingerprint density at radius 3 is 2.79 bits per heavy atom. The van der Waals surface area contributed by atoms with Crippen molar-refractivity contribution >= 4 is 5.97 Å². The van der Waals surface area contributed by atoms with Gasteiger partial charge in [0.1, 0.15) is 18.8 Å². The Labute approximate surface area is 111 Å². The van der Waals surface area contributed by atoms with Gasteiger partial charge < -0.3 is 14.6 Å². The molecule has 1 aromatic rings. The molecule has 1 unspecified atom stereocenters. The fourth-order valence-corrected chi connectivity index (χ4v) is 1.93. The van der Waals surface area contributed by atoms with Gasteiger partial charge in [-0.3, -0.25) is 5.32 Å². The van der Waals surface area contributed by atoms with Gasteiger partial charge in [0, 0.05) is 6.54 Å². The molecule has 2 N–H and O–H groups in total. The van der Waals surface area contributed by atoms with Crippen molar-refractivity contribution in [3.63, 3.8) is 0 Å². The Morgan fingerprint density at radius 2 is 2.16 bits per heavy atom. The molecular weight excluding hydrogens is 246 g/mol. The van der Waals surface area contributed by atoms with Crippen LogP contribution >= 0.6 is 0 Å². The highest BCUT2D eigenvalue weighted by molar-refractivity contribution is 5.80. The molecule has 0 saturated carbocycles. The van der Waals surface area contributed by atoms with E-state index in [0.29, 0.717) is 36.8 Å². The number of carboxylic acids is 1. The topological polar surface area (TPSA) is 67.8 Å². The van der Waals surface area contributed by atoms with E-state index in [2.05, 4.69) is 11.9 Å². The lowest BCUT2D eigenvalue weighted by molar-refractivity contribution is -0.144. The van der Waals surface area contributed by atoms with Gasteiger partial charge in [-0.1, -0.05) is 12.1 Å². The largest absolute Gasteiger partial charge is 0.486 e. The summed E-state index contributed by atoms with van der Waals surface area (Å²) in [7, 11) is 0. The van der Waals surface area contributed by atoms with E-state index < -0.39 is 11.5 Å². The Hall–Kier alpha value is -2.01. The highest BCUT2D eigenvalue weighted by Crippen LogP contribution is 2.34. The summed E-state index contributed by atoms with van der Waals surface area (Å²) >= 11 is 0. The molecule has 0 amide bonds. The van der Waals surface area contributed by atoms with Crippen LogP contribution in [0.2, 0.25) is 0 Å². The Morgan fingerprint density at radius 1 is 1.47 bits per heavy atom. The summed E-state index contributed by atoms with van der Waals surface area (Å²) in [4.78, 5) is 11.5. The van der Waals surface area contributed by atoms with E-state index in [1.165, 1.54) is 0 Å². The van der Waals surface area contributed by atoms with Crippen LogP contribution in [0.25, 0.3) is 0 Å². The second kappa shape index (κ2) is 5.32. The van der Waals surface area contributed by atoms with Gasteiger partial charge in [-0.2, -0.15) is 0 Å². The third-order valence-corrected chi connectivity index (χ3v) is 3.15. The van der Waals surface area contributed by atoms with Gasteiger partial charge in [0.15, 0.2) is 11.5 Å². The average molecular weight is 263 g/mol. The van der Waals surface area contributed by atoms with Gasteiger partial charge in [-0.05, 0) is 24.6 Å². The minimum atomic E-state index is -1.19. The van der Waals surface area contributed by atoms with Gasteiger partial charge in [0.25, 0.3) is 0 Å². The number of carbonyl (C=O) groups is 1. The minimum Gasteiger partial charge on any atom is -0.486 e. The molecule has 1 aliphatic rings. The van der Waals surface area contributed by atoms with E-state index in [-0.39, 0.29) is 0 Å². The zero-order valence-electron chi connectivity index (χ0n) is 10.8. The number of rotatable bonds is 5. The van der Waals surface area contributed by atoms with Crippen molar-refractivity contribution in [1.82, 2.24) is 5.32 Å². The molecule has 0 aromatic heterocycles. The predicted molar refractivity (Wildman–Crippen MR) is 70.6 cm³/mol. The highest BCUT2D eigenvalue weighted by Gasteiger charge is 2.35. The molecule has 1 aliphatic heterocycles. The fourth-order valence-electron chi connectivity index (χ4n) is 1.93. The number of ether oxygens (including phenoxy) is 2. The Bertz CT molecular complexity index is 500. The number of hydrogen-bond acceptors (Lipinski definition) is 4. The van der Waals surface area contributed by atoms with Crippen LogP contribution < -0.4 is 14.8 Å². The molecule has 1 atom stereocenters. The predicted octanol–water partition coefficient (Wildman–Crippen LogP) is 1.53. The first-order valence-corrected chi connectivity index (χ1v) is 6.07. The van der Waals surface area contributed by atoms with Crippen LogP contribution in [-0.2, 0) is 10.3 Å². The summed E-state index contributed by atoms with van der Waals surface area (Å²) in [5.41, 5.74) is -0.574. The fraction of sp³-hybridized carbons (Fsp3) is 0.357. The molecule has 19 heavy (non-hydrogen) atoms. The third kappa shape index (κ3) is 2.56. The van der Waals surface area contributed by atoms with Gasteiger partial charge >= 0.3 is 5.97 Å². The summed E-state index contributed by atoms with van der Waals surface area (Å²) in [6.45, 7) is 6.59. The van der Waals surface area contributed by atoms with E-state index in [9.17, 15) is 9.90 Å². The van der Waals surface area contributed by atoms with E-state index in [4.69, 9.17) is 9.47 Å². The van der Waals surface area contributed by atoms with E-state index in [1.807, 2.05) is 0 Å². The normalized spacial score (nSPS) is 16.5. The molecule has 0 fully saturated rings. The van der Waals surface area contributed by atoms with Gasteiger partial charge in [0.2, 0.25) is 0 Å². The zero-order chi connectivity index (χ0) is 13.9. The molecular formula is C14H17NO4. The maximum atomic E-state index is 11.5. The van der Waals surface area contributed by atoms with E-state index >= 15 is 0 Å². The number of carboxylic acid groups (broad SMARTS) is 1. The van der Waals surface area contributed by atoms with Crippen molar-refractivity contribution in [2.75, 3.05) is 19.8 Å². The first-order valence-electron chi connectivity index (χ1n) is 6.07. The first-order chi connectivity index (χ1) is 9.08. The van der Waals surface area contributed by atoms with Crippen molar-refractivity contribution < 1.29 is 19.4 Å². The van der Waals surface area contributed by atoms with Gasteiger partial charge in [-0.25, -0.2) is 4.79 Å². The molecule has 0 radical (unpaired) electrons. The zero-order valence-corrected chi connectivity index (χ0v) is 10.8. The number of aliphatic carboxylic acids is 1. The van der Waals surface area contributed by atoms with Crippen LogP contribution in [0.15, 0.2) is 30.9 Å². The third-order valence-electron chi connectivity index (χ3n) is 3.15. The van der Waals surface area contributed by atoms with Crippen LogP contribution in [0.3, 0.4) is 0 Å². The van der Waals surface area contributed by atoms with Crippen LogP contribution in [-0.4, -0.2) is 30.8 Å². The minimum absolute atomic E-state index is 0.400. The van der Waals surface area contributed by atoms with E-state index in [1.54, 1.807) is 31.2 Å². The number of hydrogen-bond donors (Lipinski definition) is 2. The first kappa shape index (κ1) is 13.4. The van der Waals surface area contributed by atoms with Crippen molar-refractivity contribution in [2.45, 2.75) is 12.5 Å². The Balaban J connectivity index is 2.36. The molecule has 0 bridgehead atoms. The number of nitrogens with one attached hydrogen (secondary N) is 1. The highest BCUT2D eigenvalue weighted by atomic mass is 16.6. The molecule has 2 rings (SSSR count). The van der Waals surface area contributed by atoms with Crippen LogP contribution in [0, 0.1) is 0 Å². The second-order valence-electron chi connectivity index (χ2n) is 4.46. The van der Waals surface area contributed by atoms with Crippen LogP contribution in [0.5, 0.6) is 11.5 Å². The molecule has 0 spiro atoms. The molecule has 102 valence electrons. The molecule has 0 saturated heterocycles. The molecule has 5 heteroatoms. The van der Waals surface area contributed by atoms with Crippen molar-refractivity contribution in [3.05, 3.63) is 36.4 Å². The summed E-state index contributed by atoms with van der Waals surface area (Å²) in [5, 5.41) is 12.4. The van der Waals surface area contributed by atoms with E-state index in [0.717, 1.165) is 0 Å². The lowest BCUT2D eigenvalue weighted by atomic mass is 9.91. The standard InChI is InChI=1S/C14H17NO4/c1-3-6-15-14(2,13(16)17)10-4-5-11-12(9-10)19-8-7-18-11/h3-5,9,15H,1,6-8H2,2H3,(H,16,17). The number of benzene rings is 1. The second-order valence-corrected chi connectivity index (χ2v) is 4.46. The smallest absolute Gasteiger partial charge is 0.328 e. The average Bonchev–Trinajstić information content (AvgIpc) is 2.44. The number of fused-ring (bicyclic) bond motifs is 1. The SMILES string of the molecule is C=CCNC(C)(C(=O)O)c1ccc2c(c1)OCCO2. The maximum absolute atomic E-state index is 11.5. The summed E-state index contributed by atoms with van der Waals surface area (Å²) in [6, 6.07) is 5.18.